The van der Waals surface area contributed by atoms with E-state index in [1.165, 1.54) is 18.7 Å². The Labute approximate surface area is 165 Å². The Kier molecular flexibility index (Phi) is 4.64. The molecule has 0 spiro atoms. The number of para-hydroxylation sites is 1. The van der Waals surface area contributed by atoms with Crippen molar-refractivity contribution in [2.45, 2.75) is 25.2 Å². The molecule has 1 N–H and O–H groups in total. The van der Waals surface area contributed by atoms with Crippen LogP contribution in [0, 0.1) is 6.92 Å². The van der Waals surface area contributed by atoms with E-state index in [-0.39, 0.29) is 11.5 Å². The number of aromatic nitrogens is 3. The molecule has 0 fully saturated rings. The summed E-state index contributed by atoms with van der Waals surface area (Å²) in [6, 6.07) is 10.9. The molecule has 28 heavy (non-hydrogen) atoms. The lowest BCUT2D eigenvalue weighted by molar-refractivity contribution is -0.764. The first-order chi connectivity index (χ1) is 13.5. The highest BCUT2D eigenvalue weighted by Crippen LogP contribution is 2.37. The number of nitrogens with zero attached hydrogens (tertiary/aromatic N) is 3. The molecule has 142 valence electrons. The van der Waals surface area contributed by atoms with Crippen molar-refractivity contribution in [1.82, 2.24) is 10.1 Å². The highest BCUT2D eigenvalue weighted by atomic mass is 32.2. The van der Waals surface area contributed by atoms with Gasteiger partial charge in [-0.3, -0.25) is 14.6 Å². The number of furan rings is 1. The molecule has 7 nitrogen and oxygen atoms in total. The summed E-state index contributed by atoms with van der Waals surface area (Å²) in [5, 5.41) is 5.08. The van der Waals surface area contributed by atoms with E-state index in [1.807, 2.05) is 37.3 Å². The zero-order valence-corrected chi connectivity index (χ0v) is 16.3. The number of thioether (sulfide) groups is 1. The van der Waals surface area contributed by atoms with Crippen LogP contribution in [-0.2, 0) is 4.79 Å². The highest BCUT2D eigenvalue weighted by Gasteiger charge is 2.46. The fourth-order valence-corrected chi connectivity index (χ4v) is 3.95. The van der Waals surface area contributed by atoms with Crippen LogP contribution in [0.25, 0.3) is 11.3 Å². The van der Waals surface area contributed by atoms with E-state index in [0.29, 0.717) is 39.4 Å². The van der Waals surface area contributed by atoms with E-state index in [2.05, 4.69) is 16.7 Å². The Hall–Kier alpha value is -3.13. The first-order valence-corrected chi connectivity index (χ1v) is 9.75. The van der Waals surface area contributed by atoms with E-state index in [0.717, 1.165) is 0 Å². The summed E-state index contributed by atoms with van der Waals surface area (Å²) in [6.07, 6.45) is 1.04. The summed E-state index contributed by atoms with van der Waals surface area (Å²) >= 11 is 1.36. The quantitative estimate of drug-likeness (QED) is 0.417. The topological polar surface area (TPSA) is 83.1 Å². The van der Waals surface area contributed by atoms with Crippen molar-refractivity contribution in [3.8, 4) is 11.3 Å². The Balaban J connectivity index is 2.03. The fourth-order valence-electron chi connectivity index (χ4n) is 3.37. The number of anilines is 1. The number of aryl methyl sites for hydroxylation is 1. The standard InChI is InChI=1S/C20H18N4O3S/c1-4-11-28-20-21-18(26)17-14-7-5-6-8-15(14)23(13(3)25)19(24(17)22-20)16-10-9-12(2)27-16/h4-10,19H,1,11H2,2-3H3/p+1/t19-/m1/s1. The van der Waals surface area contributed by atoms with Crippen molar-refractivity contribution < 1.29 is 13.9 Å². The first kappa shape index (κ1) is 18.2. The Bertz CT molecular complexity index is 1130. The van der Waals surface area contributed by atoms with Gasteiger partial charge in [0.05, 0.1) is 11.3 Å². The summed E-state index contributed by atoms with van der Waals surface area (Å²) in [4.78, 5) is 30.1. The van der Waals surface area contributed by atoms with Gasteiger partial charge in [0, 0.05) is 17.8 Å². The molecule has 1 aromatic carbocycles. The molecule has 8 heteroatoms. The Morgan fingerprint density at radius 3 is 2.86 bits per heavy atom. The smallest absolute Gasteiger partial charge is 0.325 e. The minimum absolute atomic E-state index is 0.174. The van der Waals surface area contributed by atoms with Crippen molar-refractivity contribution in [3.05, 3.63) is 70.9 Å². The molecule has 0 unspecified atom stereocenters. The van der Waals surface area contributed by atoms with E-state index in [9.17, 15) is 9.59 Å². The van der Waals surface area contributed by atoms with Gasteiger partial charge >= 0.3 is 17.4 Å². The molecular formula is C20H19N4O3S+. The fraction of sp³-hybridized carbons (Fsp3) is 0.200. The van der Waals surface area contributed by atoms with E-state index in [4.69, 9.17) is 4.42 Å². The Morgan fingerprint density at radius 1 is 1.39 bits per heavy atom. The third-order valence-corrected chi connectivity index (χ3v) is 5.31. The lowest BCUT2D eigenvalue weighted by Gasteiger charge is -2.29. The van der Waals surface area contributed by atoms with Crippen molar-refractivity contribution >= 4 is 23.4 Å². The first-order valence-electron chi connectivity index (χ1n) is 8.76. The van der Waals surface area contributed by atoms with E-state index >= 15 is 0 Å². The van der Waals surface area contributed by atoms with Gasteiger partial charge < -0.3 is 4.42 Å². The summed E-state index contributed by atoms with van der Waals surface area (Å²) in [5.41, 5.74) is 1.40. The van der Waals surface area contributed by atoms with Crippen LogP contribution in [0.4, 0.5) is 5.69 Å². The number of nitrogens with one attached hydrogen (secondary N) is 1. The second-order valence-electron chi connectivity index (χ2n) is 6.38. The van der Waals surface area contributed by atoms with Gasteiger partial charge in [0.25, 0.3) is 0 Å². The van der Waals surface area contributed by atoms with Crippen LogP contribution >= 0.6 is 11.8 Å². The number of aromatic amines is 1. The number of H-pyrrole nitrogens is 1. The summed E-state index contributed by atoms with van der Waals surface area (Å²) < 4.78 is 7.42. The SMILES string of the molecule is C=CCSc1n[n+]2c(c(=O)[nH]1)-c1ccccc1N(C(C)=O)[C@H]2c1ccc(C)o1. The van der Waals surface area contributed by atoms with E-state index in [1.54, 1.807) is 21.7 Å². The zero-order chi connectivity index (χ0) is 19.8. The maximum atomic E-state index is 13.0. The lowest BCUT2D eigenvalue weighted by atomic mass is 10.0. The van der Waals surface area contributed by atoms with Crippen molar-refractivity contribution in [1.29, 1.82) is 0 Å². The van der Waals surface area contributed by atoms with Crippen molar-refractivity contribution in [3.63, 3.8) is 0 Å². The maximum Gasteiger partial charge on any atom is 0.325 e. The molecule has 1 aliphatic rings. The number of hydrogen-bond donors (Lipinski definition) is 1. The minimum atomic E-state index is -0.693. The average Bonchev–Trinajstić information content (AvgIpc) is 3.10. The van der Waals surface area contributed by atoms with Gasteiger partial charge in [0.1, 0.15) is 5.76 Å². The Morgan fingerprint density at radius 2 is 2.18 bits per heavy atom. The van der Waals surface area contributed by atoms with Gasteiger partial charge in [-0.25, -0.2) is 4.90 Å². The molecule has 3 aromatic rings. The molecule has 0 aliphatic carbocycles. The summed E-state index contributed by atoms with van der Waals surface area (Å²) in [7, 11) is 0. The molecular weight excluding hydrogens is 376 g/mol. The molecule has 0 radical (unpaired) electrons. The number of carbonyl (C=O) groups excluding carboxylic acids is 1. The lowest BCUT2D eigenvalue weighted by Crippen LogP contribution is -2.60. The van der Waals surface area contributed by atoms with Crippen LogP contribution in [-0.4, -0.2) is 21.7 Å². The average molecular weight is 395 g/mol. The van der Waals surface area contributed by atoms with Crippen molar-refractivity contribution in [2.24, 2.45) is 0 Å². The molecule has 2 aromatic heterocycles. The van der Waals surface area contributed by atoms with Gasteiger partial charge in [-0.15, -0.1) is 6.58 Å². The minimum Gasteiger partial charge on any atom is -0.457 e. The highest BCUT2D eigenvalue weighted by molar-refractivity contribution is 7.99. The molecule has 3 heterocycles. The van der Waals surface area contributed by atoms with Gasteiger partial charge in [0.15, 0.2) is 5.76 Å². The van der Waals surface area contributed by atoms with E-state index < -0.39 is 6.17 Å². The third kappa shape index (κ3) is 2.95. The largest absolute Gasteiger partial charge is 0.457 e. The molecule has 0 saturated heterocycles. The van der Waals surface area contributed by atoms with Gasteiger partial charge in [-0.1, -0.05) is 30.0 Å². The van der Waals surface area contributed by atoms with Gasteiger partial charge in [0.2, 0.25) is 11.1 Å². The molecule has 1 aliphatic heterocycles. The predicted molar refractivity (Wildman–Crippen MR) is 106 cm³/mol. The second kappa shape index (κ2) is 7.12. The van der Waals surface area contributed by atoms with Crippen LogP contribution in [0.2, 0.25) is 0 Å². The van der Waals surface area contributed by atoms with Gasteiger partial charge in [-0.05, 0) is 35.9 Å². The number of fused-ring (bicyclic) bond motifs is 3. The number of hydrogen-bond acceptors (Lipinski definition) is 5. The third-order valence-electron chi connectivity index (χ3n) is 4.45. The number of rotatable bonds is 4. The second-order valence-corrected chi connectivity index (χ2v) is 7.39. The number of carbonyl (C=O) groups is 1. The molecule has 0 saturated carbocycles. The van der Waals surface area contributed by atoms with Crippen LogP contribution in [0.5, 0.6) is 0 Å². The molecule has 1 atom stereocenters. The monoisotopic (exact) mass is 395 g/mol. The maximum absolute atomic E-state index is 13.0. The number of benzene rings is 1. The molecule has 4 rings (SSSR count). The van der Waals surface area contributed by atoms with Crippen molar-refractivity contribution in [2.75, 3.05) is 10.7 Å². The summed E-state index contributed by atoms with van der Waals surface area (Å²) in [5.74, 6) is 1.67. The summed E-state index contributed by atoms with van der Waals surface area (Å²) in [6.45, 7) is 7.03. The van der Waals surface area contributed by atoms with Crippen LogP contribution in [0.15, 0.2) is 63.4 Å². The molecule has 1 amide bonds. The van der Waals surface area contributed by atoms with Crippen LogP contribution in [0.3, 0.4) is 0 Å². The predicted octanol–water partition coefficient (Wildman–Crippen LogP) is 2.82. The van der Waals surface area contributed by atoms with Crippen LogP contribution < -0.4 is 15.1 Å². The zero-order valence-electron chi connectivity index (χ0n) is 15.5. The molecule has 0 bridgehead atoms. The van der Waals surface area contributed by atoms with Crippen LogP contribution in [0.1, 0.15) is 24.6 Å². The van der Waals surface area contributed by atoms with Gasteiger partial charge in [-0.2, -0.15) is 0 Å². The number of amides is 1. The normalized spacial score (nSPS) is 15.1.